The van der Waals surface area contributed by atoms with E-state index < -0.39 is 0 Å². The van der Waals surface area contributed by atoms with Crippen molar-refractivity contribution in [3.8, 4) is 17.2 Å². The molecule has 0 aliphatic rings. The molecule has 0 aliphatic carbocycles. The predicted octanol–water partition coefficient (Wildman–Crippen LogP) is 1.64. The summed E-state index contributed by atoms with van der Waals surface area (Å²) in [5.74, 6) is 0.922. The fourth-order valence-corrected chi connectivity index (χ4v) is 2.71. The number of aromatic nitrogens is 7. The molecule has 0 aliphatic heterocycles. The lowest BCUT2D eigenvalue weighted by molar-refractivity contribution is 0.798. The average molecular weight is 333 g/mol. The molecule has 0 bridgehead atoms. The minimum absolute atomic E-state index is 0.166. The van der Waals surface area contributed by atoms with E-state index >= 15 is 0 Å². The van der Waals surface area contributed by atoms with E-state index in [1.165, 1.54) is 10.2 Å². The molecule has 0 atom stereocenters. The van der Waals surface area contributed by atoms with Crippen molar-refractivity contribution in [1.82, 2.24) is 35.4 Å². The topological polar surface area (TPSA) is 105 Å². The molecule has 3 aromatic heterocycles. The zero-order valence-corrected chi connectivity index (χ0v) is 13.5. The second kappa shape index (κ2) is 6.16. The molecule has 2 N–H and O–H groups in total. The third-order valence-electron chi connectivity index (χ3n) is 3.83. The highest BCUT2D eigenvalue weighted by Crippen LogP contribution is 2.15. The first-order valence-electron chi connectivity index (χ1n) is 7.76. The smallest absolute Gasteiger partial charge is 0.272 e. The number of hydrogen-bond acceptors (Lipinski definition) is 5. The zero-order valence-electron chi connectivity index (χ0n) is 13.5. The standard InChI is InChI=1S/C17H15N7O/c1-11-3-2-4-12(7-11)8-14-10-16(25)24(21-14)15-9-13(5-6-18-15)17-19-22-23-20-17/h2-7,9-10,21H,8H2,1H3,(H,19,20,22,23). The van der Waals surface area contributed by atoms with Crippen LogP contribution in [0.1, 0.15) is 16.8 Å². The van der Waals surface area contributed by atoms with Crippen molar-refractivity contribution >= 4 is 0 Å². The van der Waals surface area contributed by atoms with Gasteiger partial charge in [-0.25, -0.2) is 9.67 Å². The molecule has 8 heteroatoms. The van der Waals surface area contributed by atoms with Gasteiger partial charge in [0.1, 0.15) is 0 Å². The van der Waals surface area contributed by atoms with Crippen LogP contribution in [0.3, 0.4) is 0 Å². The van der Waals surface area contributed by atoms with E-state index in [0.29, 0.717) is 18.1 Å². The number of aromatic amines is 2. The van der Waals surface area contributed by atoms with Crippen LogP contribution in [0, 0.1) is 6.92 Å². The second-order valence-electron chi connectivity index (χ2n) is 5.76. The molecular weight excluding hydrogens is 318 g/mol. The quantitative estimate of drug-likeness (QED) is 0.591. The van der Waals surface area contributed by atoms with E-state index in [2.05, 4.69) is 36.8 Å². The summed E-state index contributed by atoms with van der Waals surface area (Å²) in [6, 6.07) is 13.3. The molecule has 0 fully saturated rings. The first-order valence-corrected chi connectivity index (χ1v) is 7.76. The number of aryl methyl sites for hydroxylation is 1. The fourth-order valence-electron chi connectivity index (χ4n) is 2.71. The average Bonchev–Trinajstić information content (AvgIpc) is 3.25. The first kappa shape index (κ1) is 15.0. The van der Waals surface area contributed by atoms with Crippen LogP contribution in [0.2, 0.25) is 0 Å². The summed E-state index contributed by atoms with van der Waals surface area (Å²) in [7, 11) is 0. The van der Waals surface area contributed by atoms with Crippen LogP contribution in [-0.4, -0.2) is 35.4 Å². The van der Waals surface area contributed by atoms with Crippen molar-refractivity contribution < 1.29 is 0 Å². The monoisotopic (exact) mass is 333 g/mol. The summed E-state index contributed by atoms with van der Waals surface area (Å²) in [5, 5.41) is 16.9. The van der Waals surface area contributed by atoms with E-state index in [4.69, 9.17) is 0 Å². The van der Waals surface area contributed by atoms with E-state index in [0.717, 1.165) is 16.8 Å². The molecule has 0 radical (unpaired) electrons. The molecule has 0 saturated heterocycles. The van der Waals surface area contributed by atoms with Crippen molar-refractivity contribution in [2.24, 2.45) is 0 Å². The highest BCUT2D eigenvalue weighted by Gasteiger charge is 2.10. The van der Waals surface area contributed by atoms with Gasteiger partial charge in [-0.1, -0.05) is 29.8 Å². The maximum absolute atomic E-state index is 12.3. The Morgan fingerprint density at radius 1 is 1.16 bits per heavy atom. The van der Waals surface area contributed by atoms with Crippen LogP contribution >= 0.6 is 0 Å². The lowest BCUT2D eigenvalue weighted by atomic mass is 10.1. The Bertz CT molecular complexity index is 1060. The molecule has 4 aromatic rings. The molecule has 8 nitrogen and oxygen atoms in total. The minimum atomic E-state index is -0.166. The molecule has 124 valence electrons. The number of hydrogen-bond donors (Lipinski definition) is 2. The molecule has 1 aromatic carbocycles. The Labute approximate surface area is 142 Å². The first-order chi connectivity index (χ1) is 12.2. The minimum Gasteiger partial charge on any atom is -0.293 e. The number of H-pyrrole nitrogens is 2. The predicted molar refractivity (Wildman–Crippen MR) is 91.3 cm³/mol. The van der Waals surface area contributed by atoms with Gasteiger partial charge in [-0.15, -0.1) is 10.2 Å². The highest BCUT2D eigenvalue weighted by molar-refractivity contribution is 5.55. The molecule has 25 heavy (non-hydrogen) atoms. The van der Waals surface area contributed by atoms with E-state index in [-0.39, 0.29) is 5.56 Å². The van der Waals surface area contributed by atoms with Crippen molar-refractivity contribution in [1.29, 1.82) is 0 Å². The number of nitrogens with one attached hydrogen (secondary N) is 2. The Morgan fingerprint density at radius 3 is 2.88 bits per heavy atom. The summed E-state index contributed by atoms with van der Waals surface area (Å²) in [5.41, 5.74) is 3.71. The SMILES string of the molecule is Cc1cccc(Cc2cc(=O)n(-c3cc(-c4nn[nH]n4)ccn3)[nH]2)c1. The van der Waals surface area contributed by atoms with E-state index in [1.54, 1.807) is 24.4 Å². The lowest BCUT2D eigenvalue weighted by Crippen LogP contribution is -2.14. The largest absolute Gasteiger partial charge is 0.293 e. The van der Waals surface area contributed by atoms with Crippen molar-refractivity contribution in [3.05, 3.63) is 75.8 Å². The van der Waals surface area contributed by atoms with Crippen LogP contribution in [0.25, 0.3) is 17.2 Å². The van der Waals surface area contributed by atoms with Gasteiger partial charge in [0.15, 0.2) is 5.82 Å². The molecule has 0 saturated carbocycles. The van der Waals surface area contributed by atoms with Crippen LogP contribution in [-0.2, 0) is 6.42 Å². The fraction of sp³-hybridized carbons (Fsp3) is 0.118. The normalized spacial score (nSPS) is 10.9. The van der Waals surface area contributed by atoms with E-state index in [1.807, 2.05) is 25.1 Å². The number of benzene rings is 1. The van der Waals surface area contributed by atoms with Gasteiger partial charge in [0.25, 0.3) is 5.56 Å². The number of rotatable bonds is 4. The van der Waals surface area contributed by atoms with Gasteiger partial charge >= 0.3 is 0 Å². The van der Waals surface area contributed by atoms with Crippen LogP contribution in [0.4, 0.5) is 0 Å². The van der Waals surface area contributed by atoms with Crippen molar-refractivity contribution in [3.63, 3.8) is 0 Å². The van der Waals surface area contributed by atoms with Gasteiger partial charge in [-0.3, -0.25) is 9.89 Å². The Morgan fingerprint density at radius 2 is 2.08 bits per heavy atom. The summed E-state index contributed by atoms with van der Waals surface area (Å²) in [6.07, 6.45) is 2.25. The van der Waals surface area contributed by atoms with Crippen LogP contribution in [0.5, 0.6) is 0 Å². The maximum Gasteiger partial charge on any atom is 0.272 e. The molecule has 0 amide bonds. The van der Waals surface area contributed by atoms with E-state index in [9.17, 15) is 4.79 Å². The van der Waals surface area contributed by atoms with Crippen LogP contribution < -0.4 is 5.56 Å². The van der Waals surface area contributed by atoms with Crippen LogP contribution in [0.15, 0.2) is 53.5 Å². The summed E-state index contributed by atoms with van der Waals surface area (Å²) in [6.45, 7) is 2.05. The third-order valence-corrected chi connectivity index (χ3v) is 3.83. The zero-order chi connectivity index (χ0) is 17.2. The van der Waals surface area contributed by atoms with Crippen molar-refractivity contribution in [2.45, 2.75) is 13.3 Å². The van der Waals surface area contributed by atoms with Gasteiger partial charge in [0.2, 0.25) is 5.82 Å². The molecule has 4 rings (SSSR count). The van der Waals surface area contributed by atoms with Gasteiger partial charge in [-0.05, 0) is 29.8 Å². The summed E-state index contributed by atoms with van der Waals surface area (Å²) >= 11 is 0. The van der Waals surface area contributed by atoms with Gasteiger partial charge in [0.05, 0.1) is 0 Å². The molecular formula is C17H15N7O. The Kier molecular flexibility index (Phi) is 3.70. The van der Waals surface area contributed by atoms with Gasteiger partial charge in [-0.2, -0.15) is 5.21 Å². The molecule has 0 unspecified atom stereocenters. The van der Waals surface area contributed by atoms with Gasteiger partial charge < -0.3 is 0 Å². The third kappa shape index (κ3) is 3.09. The van der Waals surface area contributed by atoms with Gasteiger partial charge in [0, 0.05) is 29.9 Å². The molecule has 0 spiro atoms. The number of nitrogens with zero attached hydrogens (tertiary/aromatic N) is 5. The number of pyridine rings is 1. The lowest BCUT2D eigenvalue weighted by Gasteiger charge is -2.03. The highest BCUT2D eigenvalue weighted by atomic mass is 16.1. The number of tetrazole rings is 1. The molecule has 3 heterocycles. The maximum atomic E-state index is 12.3. The summed E-state index contributed by atoms with van der Waals surface area (Å²) in [4.78, 5) is 16.6. The van der Waals surface area contributed by atoms with Crippen molar-refractivity contribution in [2.75, 3.05) is 0 Å². The summed E-state index contributed by atoms with van der Waals surface area (Å²) < 4.78 is 1.41. The Balaban J connectivity index is 1.67. The Hall–Kier alpha value is -3.55. The second-order valence-corrected chi connectivity index (χ2v) is 5.76.